The lowest BCUT2D eigenvalue weighted by atomic mass is 10.3. The Bertz CT molecular complexity index is 1160. The molecule has 0 aliphatic rings. The molecule has 0 bridgehead atoms. The third kappa shape index (κ3) is 3.46. The van der Waals surface area contributed by atoms with Crippen molar-refractivity contribution in [1.82, 2.24) is 20.0 Å². The van der Waals surface area contributed by atoms with Crippen molar-refractivity contribution < 1.29 is 4.79 Å². The summed E-state index contributed by atoms with van der Waals surface area (Å²) in [6.45, 7) is 3.61. The second-order valence-corrected chi connectivity index (χ2v) is 7.54. The second-order valence-electron chi connectivity index (χ2n) is 6.51. The standard InChI is InChI=1S/C20H20N6OS/c1-12(18-22-14-8-4-6-10-16(14)26(18)3)24-25-19(27)13(2)21-20-23-15-9-5-7-11-17(15)28-20/h4-11,13H,1-3H3,(H,21,23)(H,25,27)/b24-12-/t13-/m0/s1. The highest BCUT2D eigenvalue weighted by Crippen LogP contribution is 2.25. The number of hydrogen-bond donors (Lipinski definition) is 2. The van der Waals surface area contributed by atoms with E-state index in [-0.39, 0.29) is 5.91 Å². The van der Waals surface area contributed by atoms with Crippen molar-refractivity contribution in [2.45, 2.75) is 19.9 Å². The zero-order valence-corrected chi connectivity index (χ0v) is 16.6. The van der Waals surface area contributed by atoms with E-state index < -0.39 is 6.04 Å². The lowest BCUT2D eigenvalue weighted by Crippen LogP contribution is -2.35. The average molecular weight is 392 g/mol. The van der Waals surface area contributed by atoms with Crippen LogP contribution in [0.25, 0.3) is 21.3 Å². The van der Waals surface area contributed by atoms with Gasteiger partial charge < -0.3 is 9.88 Å². The van der Waals surface area contributed by atoms with Crippen LogP contribution in [-0.2, 0) is 11.8 Å². The molecule has 0 aliphatic heterocycles. The van der Waals surface area contributed by atoms with Gasteiger partial charge in [0, 0.05) is 7.05 Å². The van der Waals surface area contributed by atoms with E-state index in [1.54, 1.807) is 6.92 Å². The number of nitrogens with one attached hydrogen (secondary N) is 2. The molecule has 2 N–H and O–H groups in total. The van der Waals surface area contributed by atoms with Crippen LogP contribution in [0.2, 0.25) is 0 Å². The molecule has 0 unspecified atom stereocenters. The van der Waals surface area contributed by atoms with E-state index in [2.05, 4.69) is 25.8 Å². The number of thiazole rings is 1. The van der Waals surface area contributed by atoms with Gasteiger partial charge >= 0.3 is 0 Å². The van der Waals surface area contributed by atoms with Gasteiger partial charge in [0.15, 0.2) is 11.0 Å². The Kier molecular flexibility index (Phi) is 4.79. The van der Waals surface area contributed by atoms with E-state index in [1.165, 1.54) is 11.3 Å². The molecule has 0 radical (unpaired) electrons. The SMILES string of the molecule is C/C(=N/NC(=O)[C@H](C)Nc1nc2ccccc2s1)c1nc2ccccc2n1C. The van der Waals surface area contributed by atoms with Crippen LogP contribution < -0.4 is 10.7 Å². The Hall–Kier alpha value is -3.26. The zero-order chi connectivity index (χ0) is 19.7. The number of rotatable bonds is 5. The molecule has 0 saturated heterocycles. The third-order valence-electron chi connectivity index (χ3n) is 4.47. The summed E-state index contributed by atoms with van der Waals surface area (Å²) in [6, 6.07) is 15.3. The molecule has 4 aromatic rings. The molecule has 2 heterocycles. The number of hydrogen-bond acceptors (Lipinski definition) is 6. The van der Waals surface area contributed by atoms with Gasteiger partial charge in [0.25, 0.3) is 5.91 Å². The summed E-state index contributed by atoms with van der Waals surface area (Å²) in [5.41, 5.74) is 6.08. The van der Waals surface area contributed by atoms with Crippen LogP contribution >= 0.6 is 11.3 Å². The first-order valence-electron chi connectivity index (χ1n) is 8.91. The Morgan fingerprint density at radius 2 is 1.82 bits per heavy atom. The molecule has 1 amide bonds. The fraction of sp³-hybridized carbons (Fsp3) is 0.200. The topological polar surface area (TPSA) is 84.2 Å². The monoisotopic (exact) mass is 392 g/mol. The van der Waals surface area contributed by atoms with Crippen molar-refractivity contribution in [3.63, 3.8) is 0 Å². The number of carbonyl (C=O) groups is 1. The number of aromatic nitrogens is 3. The summed E-state index contributed by atoms with van der Waals surface area (Å²) in [7, 11) is 1.93. The smallest absolute Gasteiger partial charge is 0.262 e. The van der Waals surface area contributed by atoms with Gasteiger partial charge in [-0.25, -0.2) is 15.4 Å². The zero-order valence-electron chi connectivity index (χ0n) is 15.8. The molecule has 7 nitrogen and oxygen atoms in total. The second kappa shape index (κ2) is 7.40. The first-order valence-corrected chi connectivity index (χ1v) is 9.72. The van der Waals surface area contributed by atoms with Crippen molar-refractivity contribution in [2.24, 2.45) is 12.1 Å². The van der Waals surface area contributed by atoms with Gasteiger partial charge in [-0.1, -0.05) is 35.6 Å². The number of amides is 1. The fourth-order valence-corrected chi connectivity index (χ4v) is 3.89. The molecule has 0 saturated carbocycles. The van der Waals surface area contributed by atoms with Crippen molar-refractivity contribution in [3.8, 4) is 0 Å². The predicted molar refractivity (Wildman–Crippen MR) is 114 cm³/mol. The lowest BCUT2D eigenvalue weighted by Gasteiger charge is -2.11. The molecule has 2 aromatic heterocycles. The average Bonchev–Trinajstić information content (AvgIpc) is 3.26. The molecule has 0 aliphatic carbocycles. The van der Waals surface area contributed by atoms with Gasteiger partial charge in [-0.15, -0.1) is 0 Å². The Labute approximate surface area is 166 Å². The fourth-order valence-electron chi connectivity index (χ4n) is 2.94. The Morgan fingerprint density at radius 3 is 2.57 bits per heavy atom. The maximum absolute atomic E-state index is 12.4. The minimum Gasteiger partial charge on any atom is -0.350 e. The van der Waals surface area contributed by atoms with E-state index in [0.29, 0.717) is 16.7 Å². The Balaban J connectivity index is 1.45. The predicted octanol–water partition coefficient (Wildman–Crippen LogP) is 3.52. The largest absolute Gasteiger partial charge is 0.350 e. The normalized spacial score (nSPS) is 13.0. The highest BCUT2D eigenvalue weighted by molar-refractivity contribution is 7.22. The van der Waals surface area contributed by atoms with Gasteiger partial charge in [0.2, 0.25) is 0 Å². The van der Waals surface area contributed by atoms with Crippen LogP contribution in [0, 0.1) is 0 Å². The maximum atomic E-state index is 12.4. The summed E-state index contributed by atoms with van der Waals surface area (Å²) < 4.78 is 3.04. The number of anilines is 1. The van der Waals surface area contributed by atoms with E-state index in [9.17, 15) is 4.79 Å². The Morgan fingerprint density at radius 1 is 1.11 bits per heavy atom. The highest BCUT2D eigenvalue weighted by Gasteiger charge is 2.15. The number of imidazole rings is 1. The van der Waals surface area contributed by atoms with Crippen molar-refractivity contribution in [1.29, 1.82) is 0 Å². The number of fused-ring (bicyclic) bond motifs is 2. The van der Waals surface area contributed by atoms with E-state index in [4.69, 9.17) is 0 Å². The molecule has 0 spiro atoms. The van der Waals surface area contributed by atoms with Crippen LogP contribution in [0.5, 0.6) is 0 Å². The van der Waals surface area contributed by atoms with Crippen molar-refractivity contribution in [2.75, 3.05) is 5.32 Å². The third-order valence-corrected chi connectivity index (χ3v) is 5.44. The minimum absolute atomic E-state index is 0.239. The summed E-state index contributed by atoms with van der Waals surface area (Å²) in [6.07, 6.45) is 0. The molecule has 4 rings (SSSR count). The number of aryl methyl sites for hydroxylation is 1. The molecular weight excluding hydrogens is 372 g/mol. The molecule has 0 fully saturated rings. The maximum Gasteiger partial charge on any atom is 0.262 e. The van der Waals surface area contributed by atoms with Crippen LogP contribution in [0.1, 0.15) is 19.7 Å². The van der Waals surface area contributed by atoms with Crippen molar-refractivity contribution >= 4 is 49.3 Å². The van der Waals surface area contributed by atoms with Crippen molar-refractivity contribution in [3.05, 3.63) is 54.4 Å². The number of benzene rings is 2. The molecule has 8 heteroatoms. The quantitative estimate of drug-likeness (QED) is 0.402. The van der Waals surface area contributed by atoms with Crippen LogP contribution in [-0.4, -0.2) is 32.2 Å². The van der Waals surface area contributed by atoms with Gasteiger partial charge in [0.1, 0.15) is 11.8 Å². The van der Waals surface area contributed by atoms with E-state index in [1.807, 2.05) is 67.1 Å². The first kappa shape index (κ1) is 18.1. The van der Waals surface area contributed by atoms with Crippen LogP contribution in [0.3, 0.4) is 0 Å². The first-order chi connectivity index (χ1) is 13.5. The molecule has 28 heavy (non-hydrogen) atoms. The lowest BCUT2D eigenvalue weighted by molar-refractivity contribution is -0.121. The van der Waals surface area contributed by atoms with Gasteiger partial charge in [-0.3, -0.25) is 4.79 Å². The van der Waals surface area contributed by atoms with E-state index >= 15 is 0 Å². The summed E-state index contributed by atoms with van der Waals surface area (Å²) >= 11 is 1.52. The summed E-state index contributed by atoms with van der Waals surface area (Å²) in [5, 5.41) is 8.07. The number of nitrogens with zero attached hydrogens (tertiary/aromatic N) is 4. The van der Waals surface area contributed by atoms with Gasteiger partial charge in [0.05, 0.1) is 21.3 Å². The summed E-state index contributed by atoms with van der Waals surface area (Å²) in [5.74, 6) is 0.477. The highest BCUT2D eigenvalue weighted by atomic mass is 32.1. The molecular formula is C20H20N6OS. The number of hydrazone groups is 1. The van der Waals surface area contributed by atoms with E-state index in [0.717, 1.165) is 21.3 Å². The van der Waals surface area contributed by atoms with Gasteiger partial charge in [-0.05, 0) is 38.1 Å². The molecule has 1 atom stereocenters. The summed E-state index contributed by atoms with van der Waals surface area (Å²) in [4.78, 5) is 21.5. The number of carbonyl (C=O) groups excluding carboxylic acids is 1. The van der Waals surface area contributed by atoms with Crippen LogP contribution in [0.4, 0.5) is 5.13 Å². The van der Waals surface area contributed by atoms with Gasteiger partial charge in [-0.2, -0.15) is 5.10 Å². The molecule has 2 aromatic carbocycles. The number of para-hydroxylation sites is 3. The minimum atomic E-state index is -0.474. The molecule has 142 valence electrons. The van der Waals surface area contributed by atoms with Crippen LogP contribution in [0.15, 0.2) is 53.6 Å².